The number of aryl methyl sites for hydroxylation is 1. The lowest BCUT2D eigenvalue weighted by molar-refractivity contribution is -0.139. The molecule has 4 atom stereocenters. The third kappa shape index (κ3) is 4.05. The van der Waals surface area contributed by atoms with Crippen LogP contribution in [0.25, 0.3) is 0 Å². The van der Waals surface area contributed by atoms with E-state index in [4.69, 9.17) is 4.74 Å². The molecule has 2 aliphatic heterocycles. The highest BCUT2D eigenvalue weighted by Gasteiger charge is 2.50. The maximum atomic E-state index is 13.0. The number of imide groups is 1. The van der Waals surface area contributed by atoms with E-state index in [9.17, 15) is 19.2 Å². The number of benzene rings is 2. The Balaban J connectivity index is 1.26. The number of carbonyl (C=O) groups excluding carboxylic acids is 4. The molecule has 3 amide bonds. The first-order chi connectivity index (χ1) is 16.9. The van der Waals surface area contributed by atoms with E-state index in [0.29, 0.717) is 17.9 Å². The second kappa shape index (κ2) is 9.13. The molecule has 0 unspecified atom stereocenters. The molecule has 2 heterocycles. The number of hydrogen-bond donors (Lipinski definition) is 0. The number of esters is 1. The molecule has 1 aliphatic carbocycles. The van der Waals surface area contributed by atoms with Crippen molar-refractivity contribution in [1.82, 2.24) is 0 Å². The number of carbonyl (C=O) groups is 4. The molecule has 3 aliphatic rings. The third-order valence-corrected chi connectivity index (χ3v) is 7.31. The largest absolute Gasteiger partial charge is 0.426 e. The van der Waals surface area contributed by atoms with Crippen LogP contribution in [0.4, 0.5) is 11.4 Å². The molecule has 0 N–H and O–H groups in total. The zero-order valence-corrected chi connectivity index (χ0v) is 19.8. The Hall–Kier alpha value is -3.74. The molecular formula is C28H28N2O5. The average molecular weight is 473 g/mol. The first-order valence-electron chi connectivity index (χ1n) is 12.1. The predicted octanol–water partition coefficient (Wildman–Crippen LogP) is 3.91. The number of nitrogens with zero attached hydrogens (tertiary/aromatic N) is 2. The van der Waals surface area contributed by atoms with Gasteiger partial charge in [0.05, 0.1) is 23.4 Å². The molecule has 0 bridgehead atoms. The van der Waals surface area contributed by atoms with Gasteiger partial charge in [-0.1, -0.05) is 44.2 Å². The number of allylic oxidation sites excluding steroid dienone is 2. The van der Waals surface area contributed by atoms with Gasteiger partial charge < -0.3 is 9.64 Å². The summed E-state index contributed by atoms with van der Waals surface area (Å²) in [6.45, 7) is 4.27. The molecule has 180 valence electrons. The van der Waals surface area contributed by atoms with Crippen molar-refractivity contribution >= 4 is 35.1 Å². The van der Waals surface area contributed by atoms with E-state index in [-0.39, 0.29) is 48.4 Å². The summed E-state index contributed by atoms with van der Waals surface area (Å²) in [6, 6.07) is 14.1. The molecule has 2 saturated heterocycles. The molecule has 2 fully saturated rings. The van der Waals surface area contributed by atoms with E-state index in [2.05, 4.69) is 0 Å². The number of anilines is 2. The van der Waals surface area contributed by atoms with Gasteiger partial charge >= 0.3 is 5.97 Å². The van der Waals surface area contributed by atoms with Gasteiger partial charge in [0.25, 0.3) is 0 Å². The van der Waals surface area contributed by atoms with E-state index in [0.717, 1.165) is 17.7 Å². The van der Waals surface area contributed by atoms with Gasteiger partial charge in [-0.15, -0.1) is 0 Å². The van der Waals surface area contributed by atoms with E-state index in [1.165, 1.54) is 4.90 Å². The van der Waals surface area contributed by atoms with Gasteiger partial charge in [0.1, 0.15) is 5.75 Å². The SMILES string of the molecule is CCc1ccccc1N1C[C@H](C(=O)Oc2ccc(N3C(=O)[C@@H]4[C@H](C)C=CC[C@H]4C3=O)cc2)CC1=O. The highest BCUT2D eigenvalue weighted by atomic mass is 16.5. The average Bonchev–Trinajstić information content (AvgIpc) is 3.37. The lowest BCUT2D eigenvalue weighted by atomic mass is 9.78. The van der Waals surface area contributed by atoms with Crippen molar-refractivity contribution in [2.45, 2.75) is 33.1 Å². The number of fused-ring (bicyclic) bond motifs is 1. The van der Waals surface area contributed by atoms with E-state index in [1.54, 1.807) is 29.2 Å². The van der Waals surface area contributed by atoms with Crippen molar-refractivity contribution in [2.24, 2.45) is 23.7 Å². The van der Waals surface area contributed by atoms with Crippen LogP contribution < -0.4 is 14.5 Å². The number of amides is 3. The molecule has 0 spiro atoms. The Kier molecular flexibility index (Phi) is 6.01. The van der Waals surface area contributed by atoms with Crippen LogP contribution in [0.15, 0.2) is 60.7 Å². The topological polar surface area (TPSA) is 84.0 Å². The summed E-state index contributed by atoms with van der Waals surface area (Å²) in [7, 11) is 0. The van der Waals surface area contributed by atoms with Gasteiger partial charge in [-0.2, -0.15) is 0 Å². The number of hydrogen-bond acceptors (Lipinski definition) is 5. The Labute approximate surface area is 204 Å². The summed E-state index contributed by atoms with van der Waals surface area (Å²) in [5.41, 5.74) is 2.37. The fourth-order valence-corrected chi connectivity index (χ4v) is 5.44. The third-order valence-electron chi connectivity index (χ3n) is 7.31. The molecule has 0 aromatic heterocycles. The minimum Gasteiger partial charge on any atom is -0.426 e. The molecule has 7 nitrogen and oxygen atoms in total. The van der Waals surface area contributed by atoms with Crippen molar-refractivity contribution in [1.29, 1.82) is 0 Å². The lowest BCUT2D eigenvalue weighted by Gasteiger charge is -2.22. The van der Waals surface area contributed by atoms with E-state index >= 15 is 0 Å². The summed E-state index contributed by atoms with van der Waals surface area (Å²) in [4.78, 5) is 54.2. The molecule has 35 heavy (non-hydrogen) atoms. The number of para-hydroxylation sites is 1. The molecule has 2 aromatic carbocycles. The van der Waals surface area contributed by atoms with Crippen LogP contribution in [0.5, 0.6) is 5.75 Å². The summed E-state index contributed by atoms with van der Waals surface area (Å²) >= 11 is 0. The van der Waals surface area contributed by atoms with Gasteiger partial charge in [0.2, 0.25) is 17.7 Å². The van der Waals surface area contributed by atoms with Gasteiger partial charge in [0.15, 0.2) is 0 Å². The Bertz CT molecular complexity index is 1220. The predicted molar refractivity (Wildman–Crippen MR) is 131 cm³/mol. The Morgan fingerprint density at radius 3 is 2.49 bits per heavy atom. The minimum atomic E-state index is -0.564. The number of ether oxygens (including phenoxy) is 1. The fourth-order valence-electron chi connectivity index (χ4n) is 5.44. The van der Waals surface area contributed by atoms with Crippen molar-refractivity contribution in [3.05, 3.63) is 66.2 Å². The van der Waals surface area contributed by atoms with Gasteiger partial charge in [0, 0.05) is 18.7 Å². The summed E-state index contributed by atoms with van der Waals surface area (Å²) in [5.74, 6) is -1.81. The zero-order valence-electron chi connectivity index (χ0n) is 19.8. The van der Waals surface area contributed by atoms with Crippen LogP contribution >= 0.6 is 0 Å². The Morgan fingerprint density at radius 2 is 1.77 bits per heavy atom. The molecule has 7 heteroatoms. The smallest absolute Gasteiger partial charge is 0.316 e. The quantitative estimate of drug-likeness (QED) is 0.285. The highest BCUT2D eigenvalue weighted by molar-refractivity contribution is 6.22. The van der Waals surface area contributed by atoms with Crippen LogP contribution in [-0.4, -0.2) is 30.2 Å². The highest BCUT2D eigenvalue weighted by Crippen LogP contribution is 2.40. The Morgan fingerprint density at radius 1 is 1.03 bits per heavy atom. The first kappa shape index (κ1) is 23.0. The first-order valence-corrected chi connectivity index (χ1v) is 12.1. The maximum Gasteiger partial charge on any atom is 0.316 e. The normalized spacial score (nSPS) is 25.8. The monoisotopic (exact) mass is 472 g/mol. The van der Waals surface area contributed by atoms with Gasteiger partial charge in [-0.3, -0.25) is 24.1 Å². The summed E-state index contributed by atoms with van der Waals surface area (Å²) in [5, 5.41) is 0. The number of rotatable bonds is 5. The van der Waals surface area contributed by atoms with Crippen LogP contribution in [0.1, 0.15) is 32.3 Å². The zero-order chi connectivity index (χ0) is 24.7. The molecule has 0 radical (unpaired) electrons. The summed E-state index contributed by atoms with van der Waals surface area (Å²) < 4.78 is 5.55. The molecule has 2 aromatic rings. The van der Waals surface area contributed by atoms with Crippen LogP contribution in [0, 0.1) is 23.7 Å². The lowest BCUT2D eigenvalue weighted by Crippen LogP contribution is -2.31. The summed E-state index contributed by atoms with van der Waals surface area (Å²) in [6.07, 6.45) is 5.43. The van der Waals surface area contributed by atoms with Crippen LogP contribution in [-0.2, 0) is 25.6 Å². The van der Waals surface area contributed by atoms with Crippen molar-refractivity contribution in [2.75, 3.05) is 16.3 Å². The van der Waals surface area contributed by atoms with Gasteiger partial charge in [-0.25, -0.2) is 0 Å². The fraction of sp³-hybridized carbons (Fsp3) is 0.357. The maximum absolute atomic E-state index is 13.0. The molecular weight excluding hydrogens is 444 g/mol. The minimum absolute atomic E-state index is 0.0217. The molecule has 5 rings (SSSR count). The van der Waals surface area contributed by atoms with Crippen molar-refractivity contribution < 1.29 is 23.9 Å². The second-order valence-corrected chi connectivity index (χ2v) is 9.47. The molecule has 0 saturated carbocycles. The van der Waals surface area contributed by atoms with Gasteiger partial charge in [-0.05, 0) is 54.7 Å². The standard InChI is InChI=1S/C28H28N2O5/c1-3-18-8-4-5-10-23(18)29-16-19(15-24(29)31)28(34)35-21-13-11-20(12-14-21)30-26(32)22-9-6-7-17(2)25(22)27(30)33/h4-8,10-14,17,19,22,25H,3,9,15-16H2,1-2H3/t17-,19-,22-,25-/m1/s1. The van der Waals surface area contributed by atoms with Crippen LogP contribution in [0.2, 0.25) is 0 Å². The van der Waals surface area contributed by atoms with E-state index < -0.39 is 11.9 Å². The van der Waals surface area contributed by atoms with Crippen molar-refractivity contribution in [3.8, 4) is 5.75 Å². The van der Waals surface area contributed by atoms with Crippen LogP contribution in [0.3, 0.4) is 0 Å². The van der Waals surface area contributed by atoms with Crippen molar-refractivity contribution in [3.63, 3.8) is 0 Å². The second-order valence-electron chi connectivity index (χ2n) is 9.47. The van der Waals surface area contributed by atoms with E-state index in [1.807, 2.05) is 50.3 Å².